The second-order valence-electron chi connectivity index (χ2n) is 15.3. The Morgan fingerprint density at radius 2 is 1.65 bits per heavy atom. The molecule has 0 bridgehead atoms. The summed E-state index contributed by atoms with van der Waals surface area (Å²) in [5.74, 6) is -2.47. The van der Waals surface area contributed by atoms with E-state index in [1.54, 1.807) is 13.8 Å². The van der Waals surface area contributed by atoms with Crippen molar-refractivity contribution in [3.63, 3.8) is 0 Å². The molecule has 3 saturated carbocycles. The lowest BCUT2D eigenvalue weighted by atomic mass is 9.44. The topological polar surface area (TPSA) is 105 Å². The van der Waals surface area contributed by atoms with Crippen LogP contribution in [0.2, 0.25) is 0 Å². The van der Waals surface area contributed by atoms with Crippen LogP contribution in [-0.2, 0) is 19.1 Å². The highest BCUT2D eigenvalue weighted by molar-refractivity contribution is 6.01. The zero-order chi connectivity index (χ0) is 34.4. The predicted molar refractivity (Wildman–Crippen MR) is 183 cm³/mol. The Hall–Kier alpha value is -3.24. The van der Waals surface area contributed by atoms with E-state index in [1.165, 1.54) is 12.2 Å². The maximum Gasteiger partial charge on any atom is 0.193 e. The van der Waals surface area contributed by atoms with E-state index in [-0.39, 0.29) is 38.2 Å². The van der Waals surface area contributed by atoms with Crippen molar-refractivity contribution in [2.75, 3.05) is 11.9 Å². The van der Waals surface area contributed by atoms with Gasteiger partial charge in [0.2, 0.25) is 0 Å². The van der Waals surface area contributed by atoms with Crippen molar-refractivity contribution in [3.8, 4) is 0 Å². The summed E-state index contributed by atoms with van der Waals surface area (Å²) >= 11 is 0. The number of hydrogen-bond acceptors (Lipinski definition) is 7. The van der Waals surface area contributed by atoms with Crippen molar-refractivity contribution >= 4 is 17.3 Å². The highest BCUT2D eigenvalue weighted by Gasteiger charge is 2.80. The highest BCUT2D eigenvalue weighted by Crippen LogP contribution is 2.72. The summed E-state index contributed by atoms with van der Waals surface area (Å²) in [6.07, 6.45) is -1.37. The fourth-order valence-corrected chi connectivity index (χ4v) is 10.1. The Bertz CT molecular complexity index is 1670. The molecule has 2 aromatic rings. The van der Waals surface area contributed by atoms with Crippen LogP contribution in [0.3, 0.4) is 0 Å². The summed E-state index contributed by atoms with van der Waals surface area (Å²) in [7, 11) is 0. The molecular formula is C40H49F2NO6. The molecule has 4 aliphatic carbocycles. The van der Waals surface area contributed by atoms with Gasteiger partial charge in [0.05, 0.1) is 12.2 Å². The number of halogens is 2. The molecule has 0 aromatic heterocycles. The number of Topliss-reactive ketones (excluding diaryl/α,β-unsaturated/α-hetero) is 1. The van der Waals surface area contributed by atoms with Gasteiger partial charge in [0, 0.05) is 40.0 Å². The maximum atomic E-state index is 17.6. The molecule has 0 amide bonds. The molecule has 7 nitrogen and oxygen atoms in total. The number of nitrogens with one attached hydrogen (secondary N) is 1. The quantitative estimate of drug-likeness (QED) is 0.292. The molecule has 1 heterocycles. The van der Waals surface area contributed by atoms with Crippen LogP contribution in [0, 0.1) is 22.7 Å². The third-order valence-corrected chi connectivity index (χ3v) is 12.5. The predicted octanol–water partition coefficient (Wildman–Crippen LogP) is 6.94. The minimum Gasteiger partial charge on any atom is -0.390 e. The fraction of sp³-hybridized carbons (Fsp3) is 0.550. The Labute approximate surface area is 287 Å². The van der Waals surface area contributed by atoms with E-state index in [0.29, 0.717) is 11.6 Å². The molecule has 264 valence electrons. The van der Waals surface area contributed by atoms with Gasteiger partial charge in [-0.1, -0.05) is 63.7 Å². The van der Waals surface area contributed by atoms with Crippen LogP contribution in [0.25, 0.3) is 0 Å². The molecule has 1 saturated heterocycles. The maximum absolute atomic E-state index is 17.6. The number of hydrogen-bond donors (Lipinski definition) is 3. The molecule has 7 rings (SSSR count). The van der Waals surface area contributed by atoms with Crippen molar-refractivity contribution in [3.05, 3.63) is 89.0 Å². The van der Waals surface area contributed by atoms with Crippen molar-refractivity contribution in [1.29, 1.82) is 0 Å². The molecule has 2 aromatic carbocycles. The van der Waals surface area contributed by atoms with Gasteiger partial charge < -0.3 is 25.0 Å². The fourth-order valence-electron chi connectivity index (χ4n) is 10.1. The summed E-state index contributed by atoms with van der Waals surface area (Å²) in [6, 6.07) is 16.5. The number of fused-ring (bicyclic) bond motifs is 7. The van der Waals surface area contributed by atoms with Gasteiger partial charge in [0.25, 0.3) is 0 Å². The number of alkyl halides is 2. The molecule has 49 heavy (non-hydrogen) atoms. The van der Waals surface area contributed by atoms with E-state index in [2.05, 4.69) is 50.4 Å². The number of aliphatic hydroxyl groups is 2. The average molecular weight is 678 g/mol. The lowest BCUT2D eigenvalue weighted by molar-refractivity contribution is -0.235. The van der Waals surface area contributed by atoms with Crippen molar-refractivity contribution in [1.82, 2.24) is 0 Å². The van der Waals surface area contributed by atoms with Crippen LogP contribution in [-0.4, -0.2) is 64.1 Å². The summed E-state index contributed by atoms with van der Waals surface area (Å²) in [6.45, 7) is 8.84. The SMILES string of the molecule is C.CC(C)Nc1ccc([C@@H](C)c2ccc([C@@H]3O[C@@H]4C[C@H]5[C@@H]6C[C@H](F)C7=CC(=O)C=C[C@]7(C)[C@@]6(F)[C@@H](O)C[C@]5(C)[C@]4(C(=O)CO)O3)cc2)cc1. The van der Waals surface area contributed by atoms with E-state index in [9.17, 15) is 19.8 Å². The number of aliphatic hydroxyl groups excluding tert-OH is 2. The Morgan fingerprint density at radius 3 is 2.27 bits per heavy atom. The summed E-state index contributed by atoms with van der Waals surface area (Å²) in [5, 5.41) is 25.4. The van der Waals surface area contributed by atoms with Gasteiger partial charge in [-0.05, 0) is 86.9 Å². The minimum atomic E-state index is -2.29. The van der Waals surface area contributed by atoms with E-state index in [4.69, 9.17) is 9.47 Å². The number of ether oxygens (including phenoxy) is 2. The Morgan fingerprint density at radius 1 is 1.02 bits per heavy atom. The number of carbonyl (C=O) groups is 2. The molecule has 0 unspecified atom stereocenters. The molecule has 9 heteroatoms. The van der Waals surface area contributed by atoms with Crippen molar-refractivity contribution in [2.24, 2.45) is 22.7 Å². The number of rotatable bonds is 7. The third kappa shape index (κ3) is 4.94. The van der Waals surface area contributed by atoms with Crippen LogP contribution in [0.5, 0.6) is 0 Å². The second-order valence-corrected chi connectivity index (χ2v) is 15.3. The standard InChI is InChI=1S/C39H45F2NO6.CH4/c1-21(2)42-26-12-10-24(11-13-26)22(3)23-6-8-25(9-7-23)35-47-34-18-28-29-17-31(40)30-16-27(44)14-15-36(30,4)38(29,41)32(45)19-37(28,5)39(34,48-35)33(46)20-43;/h6-16,21-22,28-29,31-32,34-35,42-43,45H,17-20H2,1-5H3;1H4/t22-,28-,29-,31-,32-,34+,35+,36-,37-,38-,39+;/m0./s1. The zero-order valence-electron chi connectivity index (χ0n) is 28.1. The van der Waals surface area contributed by atoms with E-state index < -0.39 is 76.8 Å². The first kappa shape index (κ1) is 35.6. The molecule has 0 radical (unpaired) electrons. The number of benzene rings is 2. The molecule has 11 atom stereocenters. The van der Waals surface area contributed by atoms with Crippen LogP contribution in [0.4, 0.5) is 14.5 Å². The Balaban J connectivity index is 0.00000417. The summed E-state index contributed by atoms with van der Waals surface area (Å²) < 4.78 is 46.6. The van der Waals surface area contributed by atoms with Gasteiger partial charge in [-0.15, -0.1) is 0 Å². The number of anilines is 1. The van der Waals surface area contributed by atoms with Gasteiger partial charge in [-0.2, -0.15) is 0 Å². The lowest BCUT2D eigenvalue weighted by Crippen LogP contribution is -2.70. The van der Waals surface area contributed by atoms with E-state index in [0.717, 1.165) is 22.9 Å². The second kappa shape index (κ2) is 12.2. The first-order valence-corrected chi connectivity index (χ1v) is 17.1. The molecule has 4 fully saturated rings. The number of carbonyl (C=O) groups excluding carboxylic acids is 2. The number of allylic oxidation sites excluding steroid dienone is 4. The highest BCUT2D eigenvalue weighted by atomic mass is 19.1. The Kier molecular flexibility index (Phi) is 8.87. The smallest absolute Gasteiger partial charge is 0.193 e. The zero-order valence-corrected chi connectivity index (χ0v) is 28.1. The van der Waals surface area contributed by atoms with Gasteiger partial charge in [-0.3, -0.25) is 9.59 Å². The first-order chi connectivity index (χ1) is 22.7. The van der Waals surface area contributed by atoms with Crippen LogP contribution in [0.15, 0.2) is 72.3 Å². The van der Waals surface area contributed by atoms with Gasteiger partial charge in [0.1, 0.15) is 12.8 Å². The van der Waals surface area contributed by atoms with Gasteiger partial charge in [0.15, 0.2) is 29.1 Å². The van der Waals surface area contributed by atoms with Crippen LogP contribution >= 0.6 is 0 Å². The molecule has 1 aliphatic heterocycles. The van der Waals surface area contributed by atoms with Gasteiger partial charge >= 0.3 is 0 Å². The first-order valence-electron chi connectivity index (χ1n) is 17.1. The molecule has 3 N–H and O–H groups in total. The van der Waals surface area contributed by atoms with E-state index in [1.807, 2.05) is 24.3 Å². The van der Waals surface area contributed by atoms with Crippen LogP contribution in [0.1, 0.15) is 90.2 Å². The van der Waals surface area contributed by atoms with Gasteiger partial charge in [-0.25, -0.2) is 8.78 Å². The largest absolute Gasteiger partial charge is 0.390 e. The normalized spacial score (nSPS) is 39.6. The minimum absolute atomic E-state index is 0. The average Bonchev–Trinajstić information content (AvgIpc) is 3.56. The third-order valence-electron chi connectivity index (χ3n) is 12.5. The monoisotopic (exact) mass is 677 g/mol. The summed E-state index contributed by atoms with van der Waals surface area (Å²) in [4.78, 5) is 26.0. The van der Waals surface area contributed by atoms with Crippen molar-refractivity contribution < 1.29 is 38.1 Å². The summed E-state index contributed by atoms with van der Waals surface area (Å²) in [5.41, 5.74) is -2.61. The molecule has 5 aliphatic rings. The van der Waals surface area contributed by atoms with Crippen LogP contribution < -0.4 is 5.32 Å². The number of ketones is 2. The molecular weight excluding hydrogens is 628 g/mol. The van der Waals surface area contributed by atoms with Crippen molar-refractivity contribution in [2.45, 2.75) is 109 Å². The van der Waals surface area contributed by atoms with E-state index >= 15 is 8.78 Å². The lowest BCUT2D eigenvalue weighted by Gasteiger charge is -2.63. The molecule has 0 spiro atoms.